The van der Waals surface area contributed by atoms with E-state index in [0.29, 0.717) is 33.7 Å². The summed E-state index contributed by atoms with van der Waals surface area (Å²) in [6.45, 7) is 2.51. The lowest BCUT2D eigenvalue weighted by Crippen LogP contribution is -2.57. The molecule has 1 fully saturated rings. The number of carbonyl (C=O) groups is 3. The highest BCUT2D eigenvalue weighted by molar-refractivity contribution is 6.42. The summed E-state index contributed by atoms with van der Waals surface area (Å²) in [5, 5.41) is 0.910. The van der Waals surface area contributed by atoms with E-state index < -0.39 is 23.8 Å². The summed E-state index contributed by atoms with van der Waals surface area (Å²) in [5.41, 5.74) is 1.56. The Balaban J connectivity index is 1.78. The Morgan fingerprint density at radius 3 is 2.10 bits per heavy atom. The fraction of sp³-hybridized carbons (Fsp3) is 0.318. The van der Waals surface area contributed by atoms with Crippen LogP contribution in [0.1, 0.15) is 18.1 Å². The number of barbiturate groups is 1. The number of urea groups is 1. The van der Waals surface area contributed by atoms with Crippen LogP contribution >= 0.6 is 23.2 Å². The molecule has 1 aliphatic rings. The van der Waals surface area contributed by atoms with Crippen molar-refractivity contribution in [2.45, 2.75) is 20.0 Å². The van der Waals surface area contributed by atoms with E-state index in [9.17, 15) is 14.4 Å². The first-order valence-corrected chi connectivity index (χ1v) is 10.4. The van der Waals surface area contributed by atoms with Gasteiger partial charge < -0.3 is 9.47 Å². The van der Waals surface area contributed by atoms with E-state index in [1.54, 1.807) is 30.3 Å². The highest BCUT2D eigenvalue weighted by Crippen LogP contribution is 2.32. The Labute approximate surface area is 190 Å². The fourth-order valence-corrected chi connectivity index (χ4v) is 3.58. The summed E-state index contributed by atoms with van der Waals surface area (Å²) in [6, 6.07) is 9.85. The molecule has 0 spiro atoms. The van der Waals surface area contributed by atoms with E-state index in [0.717, 1.165) is 15.4 Å². The average molecular weight is 465 g/mol. The van der Waals surface area contributed by atoms with Gasteiger partial charge in [0.05, 0.1) is 16.7 Å². The molecule has 4 amide bonds. The number of nitrogens with zero attached hydrogens (tertiary/aromatic N) is 2. The molecule has 31 heavy (non-hydrogen) atoms. The van der Waals surface area contributed by atoms with Gasteiger partial charge in [0.15, 0.2) is 11.5 Å². The van der Waals surface area contributed by atoms with Gasteiger partial charge in [-0.3, -0.25) is 19.4 Å². The Morgan fingerprint density at radius 1 is 0.839 bits per heavy atom. The minimum atomic E-state index is -0.967. The first-order valence-electron chi connectivity index (χ1n) is 9.64. The van der Waals surface area contributed by atoms with Crippen LogP contribution in [0.25, 0.3) is 0 Å². The summed E-state index contributed by atoms with van der Waals surface area (Å²) in [6.07, 6.45) is 0.146. The van der Waals surface area contributed by atoms with Crippen LogP contribution in [0.3, 0.4) is 0 Å². The van der Waals surface area contributed by atoms with Crippen LogP contribution in [0.15, 0.2) is 36.4 Å². The summed E-state index contributed by atoms with van der Waals surface area (Å²) in [4.78, 5) is 38.8. The normalized spacial score (nSPS) is 14.9. The lowest BCUT2D eigenvalue weighted by molar-refractivity contribution is -0.147. The third-order valence-corrected chi connectivity index (χ3v) is 5.70. The number of rotatable bonds is 7. The molecular formula is C22H22Cl2N2O5. The van der Waals surface area contributed by atoms with E-state index in [1.165, 1.54) is 14.1 Å². The number of amides is 4. The van der Waals surface area contributed by atoms with Crippen LogP contribution in [0, 0.1) is 5.92 Å². The molecule has 0 atom stereocenters. The third-order valence-electron chi connectivity index (χ3n) is 4.96. The van der Waals surface area contributed by atoms with Gasteiger partial charge in [0, 0.05) is 14.1 Å². The quantitative estimate of drug-likeness (QED) is 0.574. The van der Waals surface area contributed by atoms with E-state index in [-0.39, 0.29) is 13.0 Å². The number of halogens is 2. The van der Waals surface area contributed by atoms with E-state index in [2.05, 4.69) is 0 Å². The van der Waals surface area contributed by atoms with E-state index in [1.807, 2.05) is 13.0 Å². The van der Waals surface area contributed by atoms with Gasteiger partial charge in [0.2, 0.25) is 11.8 Å². The zero-order chi connectivity index (χ0) is 22.7. The van der Waals surface area contributed by atoms with Crippen molar-refractivity contribution < 1.29 is 23.9 Å². The molecule has 0 aliphatic carbocycles. The highest BCUT2D eigenvalue weighted by Gasteiger charge is 2.42. The van der Waals surface area contributed by atoms with Gasteiger partial charge in [-0.25, -0.2) is 4.79 Å². The molecule has 0 unspecified atom stereocenters. The summed E-state index contributed by atoms with van der Waals surface area (Å²) < 4.78 is 11.6. The zero-order valence-electron chi connectivity index (χ0n) is 17.4. The molecule has 0 radical (unpaired) electrons. The molecule has 1 saturated heterocycles. The summed E-state index contributed by atoms with van der Waals surface area (Å²) >= 11 is 12.0. The minimum absolute atomic E-state index is 0.146. The SMILES string of the molecule is CCOc1cc(CC2C(=O)N(C)C(=O)N(C)C2=O)ccc1OCc1ccc(Cl)c(Cl)c1. The Kier molecular flexibility index (Phi) is 7.08. The first kappa shape index (κ1) is 22.9. The molecule has 1 heterocycles. The molecule has 2 aromatic carbocycles. The van der Waals surface area contributed by atoms with Crippen LogP contribution < -0.4 is 9.47 Å². The molecule has 164 valence electrons. The van der Waals surface area contributed by atoms with Crippen molar-refractivity contribution in [2.75, 3.05) is 20.7 Å². The number of hydrogen-bond donors (Lipinski definition) is 0. The van der Waals surface area contributed by atoms with Crippen LogP contribution in [-0.2, 0) is 22.6 Å². The number of carbonyl (C=O) groups excluding carboxylic acids is 3. The maximum atomic E-state index is 12.5. The molecular weight excluding hydrogens is 443 g/mol. The molecule has 0 N–H and O–H groups in total. The molecule has 2 aromatic rings. The van der Waals surface area contributed by atoms with Gasteiger partial charge in [0.25, 0.3) is 0 Å². The Hall–Kier alpha value is -2.77. The number of imide groups is 2. The second-order valence-electron chi connectivity index (χ2n) is 7.09. The number of benzene rings is 2. The van der Waals surface area contributed by atoms with Crippen LogP contribution in [-0.4, -0.2) is 48.3 Å². The van der Waals surface area contributed by atoms with Crippen molar-refractivity contribution in [3.05, 3.63) is 57.6 Å². The lowest BCUT2D eigenvalue weighted by atomic mass is 9.95. The lowest BCUT2D eigenvalue weighted by Gasteiger charge is -2.32. The third kappa shape index (κ3) is 4.94. The molecule has 0 aromatic heterocycles. The minimum Gasteiger partial charge on any atom is -0.490 e. The summed E-state index contributed by atoms with van der Waals surface area (Å²) in [5.74, 6) is -1.00. The first-order chi connectivity index (χ1) is 14.7. The Morgan fingerprint density at radius 2 is 1.48 bits per heavy atom. The number of ether oxygens (including phenoxy) is 2. The van der Waals surface area contributed by atoms with Gasteiger partial charge >= 0.3 is 6.03 Å². The van der Waals surface area contributed by atoms with Gasteiger partial charge in [-0.05, 0) is 48.7 Å². The van der Waals surface area contributed by atoms with Crippen molar-refractivity contribution >= 4 is 41.0 Å². The topological polar surface area (TPSA) is 76.2 Å². The van der Waals surface area contributed by atoms with Crippen molar-refractivity contribution in [1.29, 1.82) is 0 Å². The van der Waals surface area contributed by atoms with E-state index >= 15 is 0 Å². The predicted octanol–water partition coefficient (Wildman–Crippen LogP) is 4.18. The van der Waals surface area contributed by atoms with Crippen molar-refractivity contribution in [2.24, 2.45) is 5.92 Å². The molecule has 0 bridgehead atoms. The van der Waals surface area contributed by atoms with Gasteiger partial charge in [0.1, 0.15) is 12.5 Å². The van der Waals surface area contributed by atoms with Crippen LogP contribution in [0.5, 0.6) is 11.5 Å². The maximum absolute atomic E-state index is 12.5. The summed E-state index contributed by atoms with van der Waals surface area (Å²) in [7, 11) is 2.73. The largest absolute Gasteiger partial charge is 0.490 e. The fourth-order valence-electron chi connectivity index (χ4n) is 3.25. The van der Waals surface area contributed by atoms with Crippen molar-refractivity contribution in [3.8, 4) is 11.5 Å². The highest BCUT2D eigenvalue weighted by atomic mass is 35.5. The molecule has 0 saturated carbocycles. The smallest absolute Gasteiger partial charge is 0.332 e. The molecule has 1 aliphatic heterocycles. The van der Waals surface area contributed by atoms with Crippen molar-refractivity contribution in [3.63, 3.8) is 0 Å². The van der Waals surface area contributed by atoms with Crippen LogP contribution in [0.2, 0.25) is 10.0 Å². The van der Waals surface area contributed by atoms with Gasteiger partial charge in [-0.1, -0.05) is 35.3 Å². The second kappa shape index (κ2) is 9.58. The van der Waals surface area contributed by atoms with Crippen molar-refractivity contribution in [1.82, 2.24) is 9.80 Å². The monoisotopic (exact) mass is 464 g/mol. The predicted molar refractivity (Wildman–Crippen MR) is 117 cm³/mol. The Bertz CT molecular complexity index is 1000. The number of hydrogen-bond acceptors (Lipinski definition) is 5. The van der Waals surface area contributed by atoms with Gasteiger partial charge in [-0.2, -0.15) is 0 Å². The standard InChI is InChI=1S/C22H22Cl2N2O5/c1-4-30-19-11-13(9-15-20(27)25(2)22(29)26(3)21(15)28)6-8-18(19)31-12-14-5-7-16(23)17(24)10-14/h5-8,10-11,15H,4,9,12H2,1-3H3. The average Bonchev–Trinajstić information content (AvgIpc) is 2.76. The molecule has 3 rings (SSSR count). The van der Waals surface area contributed by atoms with Gasteiger partial charge in [-0.15, -0.1) is 0 Å². The van der Waals surface area contributed by atoms with E-state index in [4.69, 9.17) is 32.7 Å². The maximum Gasteiger partial charge on any atom is 0.332 e. The molecule has 7 nitrogen and oxygen atoms in total. The molecule has 9 heteroatoms. The second-order valence-corrected chi connectivity index (χ2v) is 7.90. The zero-order valence-corrected chi connectivity index (χ0v) is 18.9. The van der Waals surface area contributed by atoms with Crippen LogP contribution in [0.4, 0.5) is 4.79 Å².